The molecule has 0 saturated heterocycles. The molecule has 0 bridgehead atoms. The van der Waals surface area contributed by atoms with Crippen LogP contribution in [0.15, 0.2) is 66.0 Å². The SMILES string of the molecule is O=C(COc1ccc(F)cc1F)NC(c1ccccc1)c1cccs1. The lowest BCUT2D eigenvalue weighted by Crippen LogP contribution is -2.33. The Balaban J connectivity index is 1.68. The summed E-state index contributed by atoms with van der Waals surface area (Å²) in [6.45, 7) is -0.364. The first-order valence-electron chi connectivity index (χ1n) is 7.59. The standard InChI is InChI=1S/C19H15F2NO2S/c20-14-8-9-16(15(21)11-14)24-12-18(23)22-19(17-7-4-10-25-17)13-5-2-1-3-6-13/h1-11,19H,12H2,(H,22,23). The van der Waals surface area contributed by atoms with Gasteiger partial charge >= 0.3 is 0 Å². The predicted molar refractivity (Wildman–Crippen MR) is 92.6 cm³/mol. The monoisotopic (exact) mass is 359 g/mol. The van der Waals surface area contributed by atoms with Gasteiger partial charge in [0.2, 0.25) is 0 Å². The Morgan fingerprint density at radius 2 is 1.88 bits per heavy atom. The third-order valence-corrected chi connectivity index (χ3v) is 4.46. The molecule has 0 fully saturated rings. The van der Waals surface area contributed by atoms with Crippen LogP contribution in [0, 0.1) is 11.6 Å². The van der Waals surface area contributed by atoms with Gasteiger partial charge in [0.05, 0.1) is 6.04 Å². The first-order chi connectivity index (χ1) is 12.1. The highest BCUT2D eigenvalue weighted by Crippen LogP contribution is 2.26. The zero-order valence-corrected chi connectivity index (χ0v) is 13.9. The average Bonchev–Trinajstić information content (AvgIpc) is 3.14. The minimum Gasteiger partial charge on any atom is -0.481 e. The van der Waals surface area contributed by atoms with Crippen molar-refractivity contribution in [2.75, 3.05) is 6.61 Å². The molecule has 0 saturated carbocycles. The van der Waals surface area contributed by atoms with E-state index >= 15 is 0 Å². The predicted octanol–water partition coefficient (Wildman–Crippen LogP) is 4.31. The molecule has 1 aromatic heterocycles. The van der Waals surface area contributed by atoms with Gasteiger partial charge in [-0.1, -0.05) is 36.4 Å². The summed E-state index contributed by atoms with van der Waals surface area (Å²) in [5.41, 5.74) is 0.936. The summed E-state index contributed by atoms with van der Waals surface area (Å²) < 4.78 is 31.6. The summed E-state index contributed by atoms with van der Waals surface area (Å²) in [5.74, 6) is -2.10. The van der Waals surface area contributed by atoms with E-state index in [9.17, 15) is 13.6 Å². The van der Waals surface area contributed by atoms with E-state index in [-0.39, 0.29) is 18.4 Å². The first-order valence-corrected chi connectivity index (χ1v) is 8.47. The molecule has 1 heterocycles. The maximum absolute atomic E-state index is 13.6. The van der Waals surface area contributed by atoms with Crippen molar-refractivity contribution in [2.24, 2.45) is 0 Å². The van der Waals surface area contributed by atoms with Crippen molar-refractivity contribution in [1.82, 2.24) is 5.32 Å². The molecule has 0 aliphatic carbocycles. The molecule has 1 unspecified atom stereocenters. The summed E-state index contributed by atoms with van der Waals surface area (Å²) in [6.07, 6.45) is 0. The molecule has 3 nitrogen and oxygen atoms in total. The highest BCUT2D eigenvalue weighted by Gasteiger charge is 2.18. The van der Waals surface area contributed by atoms with E-state index in [4.69, 9.17) is 4.74 Å². The van der Waals surface area contributed by atoms with Crippen molar-refractivity contribution in [3.8, 4) is 5.75 Å². The molecule has 3 rings (SSSR count). The van der Waals surface area contributed by atoms with Crippen LogP contribution in [-0.4, -0.2) is 12.5 Å². The molecule has 25 heavy (non-hydrogen) atoms. The third kappa shape index (κ3) is 4.42. The number of benzene rings is 2. The quantitative estimate of drug-likeness (QED) is 0.712. The van der Waals surface area contributed by atoms with Crippen LogP contribution in [0.25, 0.3) is 0 Å². The second kappa shape index (κ2) is 7.90. The van der Waals surface area contributed by atoms with Crippen molar-refractivity contribution >= 4 is 17.2 Å². The zero-order valence-electron chi connectivity index (χ0n) is 13.1. The van der Waals surface area contributed by atoms with E-state index in [1.807, 2.05) is 47.8 Å². The number of nitrogens with one attached hydrogen (secondary N) is 1. The summed E-state index contributed by atoms with van der Waals surface area (Å²) >= 11 is 1.53. The smallest absolute Gasteiger partial charge is 0.258 e. The van der Waals surface area contributed by atoms with Gasteiger partial charge in [0.25, 0.3) is 5.91 Å². The van der Waals surface area contributed by atoms with Crippen LogP contribution >= 0.6 is 11.3 Å². The lowest BCUT2D eigenvalue weighted by Gasteiger charge is -2.18. The van der Waals surface area contributed by atoms with Gasteiger partial charge in [0.1, 0.15) is 5.82 Å². The van der Waals surface area contributed by atoms with Crippen molar-refractivity contribution < 1.29 is 18.3 Å². The summed E-state index contributed by atoms with van der Waals surface area (Å²) in [5, 5.41) is 4.82. The van der Waals surface area contributed by atoms with Crippen LogP contribution in [0.5, 0.6) is 5.75 Å². The van der Waals surface area contributed by atoms with Gasteiger partial charge in [-0.3, -0.25) is 4.79 Å². The lowest BCUT2D eigenvalue weighted by atomic mass is 10.1. The van der Waals surface area contributed by atoms with Crippen LogP contribution in [-0.2, 0) is 4.79 Å². The van der Waals surface area contributed by atoms with Crippen LogP contribution in [0.4, 0.5) is 8.78 Å². The maximum atomic E-state index is 13.6. The fraction of sp³-hybridized carbons (Fsp3) is 0.105. The first kappa shape index (κ1) is 17.1. The van der Waals surface area contributed by atoms with E-state index in [1.54, 1.807) is 0 Å². The molecule has 0 spiro atoms. The average molecular weight is 359 g/mol. The molecular weight excluding hydrogens is 344 g/mol. The summed E-state index contributed by atoms with van der Waals surface area (Å²) in [4.78, 5) is 13.2. The third-order valence-electron chi connectivity index (χ3n) is 3.52. The number of thiophene rings is 1. The van der Waals surface area contributed by atoms with Gasteiger partial charge in [-0.15, -0.1) is 11.3 Å². The van der Waals surface area contributed by atoms with Gasteiger partial charge in [0, 0.05) is 10.9 Å². The number of halogens is 2. The molecule has 0 aliphatic heterocycles. The van der Waals surface area contributed by atoms with Crippen molar-refractivity contribution in [3.05, 3.63) is 88.1 Å². The number of hydrogen-bond acceptors (Lipinski definition) is 3. The van der Waals surface area contributed by atoms with E-state index < -0.39 is 17.5 Å². The van der Waals surface area contributed by atoms with Crippen molar-refractivity contribution in [1.29, 1.82) is 0 Å². The Bertz CT molecular complexity index is 838. The van der Waals surface area contributed by atoms with Gasteiger partial charge in [-0.05, 0) is 29.1 Å². The van der Waals surface area contributed by atoms with E-state index in [0.29, 0.717) is 6.07 Å². The van der Waals surface area contributed by atoms with Gasteiger partial charge in [-0.2, -0.15) is 0 Å². The van der Waals surface area contributed by atoms with Crippen LogP contribution in [0.2, 0.25) is 0 Å². The van der Waals surface area contributed by atoms with Crippen molar-refractivity contribution in [2.45, 2.75) is 6.04 Å². The summed E-state index contributed by atoms with van der Waals surface area (Å²) in [6, 6.07) is 16.0. The lowest BCUT2D eigenvalue weighted by molar-refractivity contribution is -0.123. The molecule has 6 heteroatoms. The molecule has 1 atom stereocenters. The number of ether oxygens (including phenoxy) is 1. The van der Waals surface area contributed by atoms with Gasteiger partial charge in [-0.25, -0.2) is 8.78 Å². The Morgan fingerprint density at radius 1 is 1.08 bits per heavy atom. The molecule has 1 N–H and O–H groups in total. The number of carbonyl (C=O) groups excluding carboxylic acids is 1. The Morgan fingerprint density at radius 3 is 2.56 bits per heavy atom. The maximum Gasteiger partial charge on any atom is 0.258 e. The second-order valence-corrected chi connectivity index (χ2v) is 6.27. The topological polar surface area (TPSA) is 38.3 Å². The van der Waals surface area contributed by atoms with Crippen molar-refractivity contribution in [3.63, 3.8) is 0 Å². The molecule has 0 radical (unpaired) electrons. The number of rotatable bonds is 6. The highest BCUT2D eigenvalue weighted by atomic mass is 32.1. The molecule has 1 amide bonds. The second-order valence-electron chi connectivity index (χ2n) is 5.29. The van der Waals surface area contributed by atoms with Crippen LogP contribution in [0.3, 0.4) is 0 Å². The number of hydrogen-bond donors (Lipinski definition) is 1. The fourth-order valence-corrected chi connectivity index (χ4v) is 3.16. The molecule has 2 aromatic carbocycles. The van der Waals surface area contributed by atoms with E-state index in [1.165, 1.54) is 11.3 Å². The van der Waals surface area contributed by atoms with E-state index in [0.717, 1.165) is 22.6 Å². The van der Waals surface area contributed by atoms with Crippen LogP contribution in [0.1, 0.15) is 16.5 Å². The molecule has 0 aliphatic rings. The Hall–Kier alpha value is -2.73. The number of carbonyl (C=O) groups is 1. The number of amides is 1. The molecular formula is C19H15F2NO2S. The largest absolute Gasteiger partial charge is 0.481 e. The normalized spacial score (nSPS) is 11.8. The highest BCUT2D eigenvalue weighted by molar-refractivity contribution is 7.10. The zero-order chi connectivity index (χ0) is 17.6. The molecule has 3 aromatic rings. The van der Waals surface area contributed by atoms with Gasteiger partial charge < -0.3 is 10.1 Å². The Kier molecular flexibility index (Phi) is 5.40. The summed E-state index contributed by atoms with van der Waals surface area (Å²) in [7, 11) is 0. The minimum absolute atomic E-state index is 0.163. The van der Waals surface area contributed by atoms with Gasteiger partial charge in [0.15, 0.2) is 18.2 Å². The minimum atomic E-state index is -0.842. The Labute approximate surface area is 147 Å². The van der Waals surface area contributed by atoms with Crippen LogP contribution < -0.4 is 10.1 Å². The van der Waals surface area contributed by atoms with E-state index in [2.05, 4.69) is 5.32 Å². The molecule has 128 valence electrons. The fourth-order valence-electron chi connectivity index (χ4n) is 2.36.